The lowest BCUT2D eigenvalue weighted by Gasteiger charge is -2.31. The zero-order valence-corrected chi connectivity index (χ0v) is 14.8. The molecule has 0 unspecified atom stereocenters. The number of hydrogen-bond donors (Lipinski definition) is 1. The average Bonchev–Trinajstić information content (AvgIpc) is 2.63. The van der Waals surface area contributed by atoms with Crippen LogP contribution in [-0.2, 0) is 9.47 Å². The topological polar surface area (TPSA) is 50.8 Å². The third-order valence-corrected chi connectivity index (χ3v) is 5.16. The highest BCUT2D eigenvalue weighted by Crippen LogP contribution is 2.26. The summed E-state index contributed by atoms with van der Waals surface area (Å²) in [5, 5.41) is 3.49. The van der Waals surface area contributed by atoms with Gasteiger partial charge >= 0.3 is 0 Å². The van der Waals surface area contributed by atoms with Gasteiger partial charge in [-0.05, 0) is 43.9 Å². The molecule has 0 radical (unpaired) electrons. The van der Waals surface area contributed by atoms with E-state index < -0.39 is 0 Å². The van der Waals surface area contributed by atoms with Crippen molar-refractivity contribution in [1.29, 1.82) is 0 Å². The fraction of sp³-hybridized carbons (Fsp3) is 0.611. The number of amides is 1. The van der Waals surface area contributed by atoms with E-state index in [1.54, 1.807) is 7.11 Å². The van der Waals surface area contributed by atoms with Gasteiger partial charge in [-0.15, -0.1) is 0 Å². The minimum atomic E-state index is -0.170. The van der Waals surface area contributed by atoms with E-state index in [2.05, 4.69) is 10.2 Å². The van der Waals surface area contributed by atoms with E-state index in [0.29, 0.717) is 23.8 Å². The highest BCUT2D eigenvalue weighted by Gasteiger charge is 2.28. The first-order valence-corrected chi connectivity index (χ1v) is 9.02. The Morgan fingerprint density at radius 3 is 2.88 bits per heavy atom. The fourth-order valence-electron chi connectivity index (χ4n) is 3.42. The summed E-state index contributed by atoms with van der Waals surface area (Å²) in [6.45, 7) is 3.19. The molecular weight excluding hydrogens is 328 g/mol. The molecule has 24 heavy (non-hydrogen) atoms. The lowest BCUT2D eigenvalue weighted by molar-refractivity contribution is -0.0349. The Labute approximate surface area is 148 Å². The molecule has 0 aromatic heterocycles. The summed E-state index contributed by atoms with van der Waals surface area (Å²) in [5.74, 6) is -0.170. The van der Waals surface area contributed by atoms with Crippen LogP contribution in [0, 0.1) is 0 Å². The molecule has 2 heterocycles. The van der Waals surface area contributed by atoms with Crippen LogP contribution in [0.3, 0.4) is 0 Å². The Morgan fingerprint density at radius 2 is 2.12 bits per heavy atom. The van der Waals surface area contributed by atoms with Gasteiger partial charge in [0.25, 0.3) is 5.91 Å². The molecule has 2 atom stereocenters. The maximum Gasteiger partial charge on any atom is 0.253 e. The summed E-state index contributed by atoms with van der Waals surface area (Å²) in [7, 11) is 1.67. The minimum absolute atomic E-state index is 0.0215. The van der Waals surface area contributed by atoms with Gasteiger partial charge in [-0.2, -0.15) is 0 Å². The summed E-state index contributed by atoms with van der Waals surface area (Å²) < 4.78 is 10.9. The van der Waals surface area contributed by atoms with Crippen molar-refractivity contribution in [2.45, 2.75) is 37.8 Å². The molecule has 5 nitrogen and oxygen atoms in total. The molecule has 1 amide bonds. The van der Waals surface area contributed by atoms with Crippen LogP contribution >= 0.6 is 11.6 Å². The molecular formula is C18H25ClN2O3. The minimum Gasteiger partial charge on any atom is -0.379 e. The lowest BCUT2D eigenvalue weighted by atomic mass is 10.1. The van der Waals surface area contributed by atoms with Gasteiger partial charge in [0.05, 0.1) is 29.3 Å². The van der Waals surface area contributed by atoms with Crippen molar-refractivity contribution in [3.05, 3.63) is 28.8 Å². The zero-order valence-electron chi connectivity index (χ0n) is 14.1. The number of nitrogens with one attached hydrogen (secondary N) is 1. The van der Waals surface area contributed by atoms with Crippen LogP contribution in [0.4, 0.5) is 5.69 Å². The van der Waals surface area contributed by atoms with Crippen LogP contribution in [0.5, 0.6) is 0 Å². The van der Waals surface area contributed by atoms with Gasteiger partial charge in [0.15, 0.2) is 0 Å². The number of carbonyl (C=O) groups is 1. The maximum absolute atomic E-state index is 12.7. The molecule has 0 saturated carbocycles. The Morgan fingerprint density at radius 1 is 1.33 bits per heavy atom. The predicted molar refractivity (Wildman–Crippen MR) is 95.0 cm³/mol. The highest BCUT2D eigenvalue weighted by molar-refractivity contribution is 6.34. The van der Waals surface area contributed by atoms with Gasteiger partial charge in [0.1, 0.15) is 0 Å². The number of carbonyl (C=O) groups excluding carboxylic acids is 1. The average molecular weight is 353 g/mol. The van der Waals surface area contributed by atoms with E-state index in [0.717, 1.165) is 25.2 Å². The second kappa shape index (κ2) is 8.19. The zero-order chi connectivity index (χ0) is 16.9. The molecule has 1 N–H and O–H groups in total. The molecule has 0 aliphatic carbocycles. The van der Waals surface area contributed by atoms with Crippen molar-refractivity contribution in [1.82, 2.24) is 5.32 Å². The Hall–Kier alpha value is -1.30. The number of anilines is 1. The number of benzene rings is 1. The van der Waals surface area contributed by atoms with Crippen LogP contribution in [0.25, 0.3) is 0 Å². The molecule has 0 spiro atoms. The molecule has 2 aliphatic rings. The molecule has 132 valence electrons. The van der Waals surface area contributed by atoms with Gasteiger partial charge in [0, 0.05) is 32.5 Å². The van der Waals surface area contributed by atoms with E-state index >= 15 is 0 Å². The van der Waals surface area contributed by atoms with Gasteiger partial charge in [-0.3, -0.25) is 4.79 Å². The third kappa shape index (κ3) is 4.02. The summed E-state index contributed by atoms with van der Waals surface area (Å²) in [6, 6.07) is 5.55. The first-order valence-electron chi connectivity index (χ1n) is 8.65. The number of methoxy groups -OCH3 is 1. The quantitative estimate of drug-likeness (QED) is 0.905. The Balaban J connectivity index is 1.73. The van der Waals surface area contributed by atoms with Crippen LogP contribution < -0.4 is 10.2 Å². The number of piperidine rings is 1. The van der Waals surface area contributed by atoms with E-state index in [1.165, 1.54) is 19.3 Å². The fourth-order valence-corrected chi connectivity index (χ4v) is 3.62. The molecule has 1 aromatic carbocycles. The van der Waals surface area contributed by atoms with E-state index in [1.807, 2.05) is 18.2 Å². The van der Waals surface area contributed by atoms with Crippen molar-refractivity contribution in [2.24, 2.45) is 0 Å². The molecule has 6 heteroatoms. The van der Waals surface area contributed by atoms with Crippen LogP contribution in [-0.4, -0.2) is 51.5 Å². The first-order chi connectivity index (χ1) is 11.7. The summed E-state index contributed by atoms with van der Waals surface area (Å²) in [4.78, 5) is 15.0. The second-order valence-corrected chi connectivity index (χ2v) is 6.84. The molecule has 1 aromatic rings. The SMILES string of the molecule is CO[C@@H]1CCOC[C@H]1NC(=O)c1cc(N2CCCCC2)ccc1Cl. The smallest absolute Gasteiger partial charge is 0.253 e. The molecule has 2 fully saturated rings. The van der Waals surface area contributed by atoms with Gasteiger partial charge in [-0.25, -0.2) is 0 Å². The Bertz CT molecular complexity index is 575. The Kier molecular flexibility index (Phi) is 5.98. The van der Waals surface area contributed by atoms with Crippen molar-refractivity contribution in [3.63, 3.8) is 0 Å². The van der Waals surface area contributed by atoms with Crippen LogP contribution in [0.2, 0.25) is 5.02 Å². The summed E-state index contributed by atoms with van der Waals surface area (Å²) in [6.07, 6.45) is 4.42. The molecule has 3 rings (SSSR count). The van der Waals surface area contributed by atoms with Crippen molar-refractivity contribution in [2.75, 3.05) is 38.3 Å². The van der Waals surface area contributed by atoms with Gasteiger partial charge in [0.2, 0.25) is 0 Å². The highest BCUT2D eigenvalue weighted by atomic mass is 35.5. The number of rotatable bonds is 4. The number of halogens is 1. The normalized spacial score (nSPS) is 24.7. The summed E-state index contributed by atoms with van der Waals surface area (Å²) >= 11 is 6.28. The van der Waals surface area contributed by atoms with Gasteiger partial charge in [-0.1, -0.05) is 11.6 Å². The number of ether oxygens (including phenoxy) is 2. The van der Waals surface area contributed by atoms with Crippen LogP contribution in [0.15, 0.2) is 18.2 Å². The summed E-state index contributed by atoms with van der Waals surface area (Å²) in [5.41, 5.74) is 1.58. The monoisotopic (exact) mass is 352 g/mol. The maximum atomic E-state index is 12.7. The van der Waals surface area contributed by atoms with Crippen molar-refractivity contribution >= 4 is 23.2 Å². The van der Waals surface area contributed by atoms with E-state index in [-0.39, 0.29) is 18.1 Å². The molecule has 0 bridgehead atoms. The van der Waals surface area contributed by atoms with Crippen molar-refractivity contribution < 1.29 is 14.3 Å². The molecule has 2 aliphatic heterocycles. The van der Waals surface area contributed by atoms with E-state index in [4.69, 9.17) is 21.1 Å². The predicted octanol–water partition coefficient (Wildman–Crippen LogP) is 2.86. The van der Waals surface area contributed by atoms with E-state index in [9.17, 15) is 4.79 Å². The van der Waals surface area contributed by atoms with Crippen molar-refractivity contribution in [3.8, 4) is 0 Å². The largest absolute Gasteiger partial charge is 0.379 e. The van der Waals surface area contributed by atoms with Gasteiger partial charge < -0.3 is 19.7 Å². The molecule has 2 saturated heterocycles. The standard InChI is InChI=1S/C18H25ClN2O3/c1-23-17-7-10-24-12-16(17)20-18(22)14-11-13(5-6-15(14)19)21-8-3-2-4-9-21/h5-6,11,16-17H,2-4,7-10,12H2,1H3,(H,20,22)/t16-,17-/m1/s1. The third-order valence-electron chi connectivity index (χ3n) is 4.83. The number of hydrogen-bond acceptors (Lipinski definition) is 4. The lowest BCUT2D eigenvalue weighted by Crippen LogP contribution is -2.50. The first kappa shape index (κ1) is 17.5. The number of nitrogens with zero attached hydrogens (tertiary/aromatic N) is 1. The van der Waals surface area contributed by atoms with Crippen LogP contribution in [0.1, 0.15) is 36.0 Å². The second-order valence-electron chi connectivity index (χ2n) is 6.43.